The zero-order chi connectivity index (χ0) is 25.6. The molecule has 0 bridgehead atoms. The molecule has 0 saturated carbocycles. The van der Waals surface area contributed by atoms with E-state index in [0.717, 1.165) is 11.5 Å². The average Bonchev–Trinajstić information content (AvgIpc) is 3.12. The Morgan fingerprint density at radius 1 is 0.909 bits per heavy atom. The molecule has 0 saturated heterocycles. The van der Waals surface area contributed by atoms with E-state index in [9.17, 15) is 0 Å². The van der Waals surface area contributed by atoms with Crippen molar-refractivity contribution in [2.75, 3.05) is 0 Å². The number of benzene rings is 2. The third kappa shape index (κ3) is 10.7. The zero-order valence-electron chi connectivity index (χ0n) is 23.1. The predicted octanol–water partition coefficient (Wildman–Crippen LogP) is 10.3. The number of allylic oxidation sites excluding steroid dienone is 6. The molecule has 0 fully saturated rings. The summed E-state index contributed by atoms with van der Waals surface area (Å²) < 4.78 is 0. The second-order valence-corrected chi connectivity index (χ2v) is 9.01. The fourth-order valence-corrected chi connectivity index (χ4v) is 3.88. The summed E-state index contributed by atoms with van der Waals surface area (Å²) in [5.74, 6) is 0.867. The summed E-state index contributed by atoms with van der Waals surface area (Å²) in [6.45, 7) is 28.4. The van der Waals surface area contributed by atoms with Gasteiger partial charge in [-0.2, -0.15) is 0 Å². The summed E-state index contributed by atoms with van der Waals surface area (Å²) in [6, 6.07) is 13.2. The third-order valence-electron chi connectivity index (χ3n) is 5.18. The van der Waals surface area contributed by atoms with Gasteiger partial charge in [0, 0.05) is 0 Å². The summed E-state index contributed by atoms with van der Waals surface area (Å²) in [6.07, 6.45) is 8.94. The molecule has 0 N–H and O–H groups in total. The van der Waals surface area contributed by atoms with Gasteiger partial charge in [0.15, 0.2) is 0 Å². The number of aryl methyl sites for hydroxylation is 2. The van der Waals surface area contributed by atoms with Crippen molar-refractivity contribution in [1.29, 1.82) is 0 Å². The number of fused-ring (bicyclic) bond motifs is 1. The summed E-state index contributed by atoms with van der Waals surface area (Å²) in [5.41, 5.74) is 11.9. The van der Waals surface area contributed by atoms with E-state index in [0.29, 0.717) is 0 Å². The fourth-order valence-electron chi connectivity index (χ4n) is 3.88. The molecule has 0 amide bonds. The summed E-state index contributed by atoms with van der Waals surface area (Å²) in [7, 11) is 0. The first-order chi connectivity index (χ1) is 15.6. The molecule has 1 unspecified atom stereocenters. The molecule has 0 spiro atoms. The van der Waals surface area contributed by atoms with Crippen molar-refractivity contribution >= 4 is 11.1 Å². The van der Waals surface area contributed by atoms with Gasteiger partial charge in [-0.3, -0.25) is 0 Å². The molecule has 0 heterocycles. The van der Waals surface area contributed by atoms with Gasteiger partial charge in [-0.1, -0.05) is 98.7 Å². The van der Waals surface area contributed by atoms with Crippen LogP contribution in [0.15, 0.2) is 73.4 Å². The molecule has 33 heavy (non-hydrogen) atoms. The fraction of sp³-hybridized carbons (Fsp3) is 0.394. The van der Waals surface area contributed by atoms with Crippen molar-refractivity contribution in [3.63, 3.8) is 0 Å². The minimum absolute atomic E-state index is 0.867. The molecule has 1 atom stereocenters. The largest absolute Gasteiger partial charge is 0.100 e. The van der Waals surface area contributed by atoms with Gasteiger partial charge in [-0.15, -0.1) is 6.58 Å². The molecular formula is C33H48. The predicted molar refractivity (Wildman–Crippen MR) is 154 cm³/mol. The van der Waals surface area contributed by atoms with Gasteiger partial charge in [0.25, 0.3) is 0 Å². The normalized spacial score (nSPS) is 14.1. The molecule has 0 aliphatic heterocycles. The maximum atomic E-state index is 4.05. The molecular weight excluding hydrogens is 396 g/mol. The highest BCUT2D eigenvalue weighted by Crippen LogP contribution is 2.29. The van der Waals surface area contributed by atoms with Crippen LogP contribution in [0.3, 0.4) is 0 Å². The Balaban J connectivity index is 0.000000519. The smallest absolute Gasteiger partial charge is 0.00831 e. The Labute approximate surface area is 205 Å². The van der Waals surface area contributed by atoms with Crippen molar-refractivity contribution in [3.05, 3.63) is 107 Å². The van der Waals surface area contributed by atoms with Crippen molar-refractivity contribution in [2.24, 2.45) is 5.92 Å². The topological polar surface area (TPSA) is 0 Å². The Morgan fingerprint density at radius 2 is 1.48 bits per heavy atom. The Hall–Kier alpha value is -2.60. The summed E-state index contributed by atoms with van der Waals surface area (Å²) in [4.78, 5) is 0. The van der Waals surface area contributed by atoms with Gasteiger partial charge in [-0.05, 0) is 101 Å². The van der Waals surface area contributed by atoms with Crippen LogP contribution in [0.1, 0.15) is 88.8 Å². The lowest BCUT2D eigenvalue weighted by molar-refractivity contribution is 0.628. The SMILES string of the molecule is C=C(C)C.C=C(C)c1cccc(C)c1C(/C=C\C)=C/C.CC.Cc1ccc2c(c1)CC(C)C2. The first kappa shape index (κ1) is 30.4. The highest BCUT2D eigenvalue weighted by molar-refractivity contribution is 5.84. The Bertz CT molecular complexity index is 946. The molecule has 0 radical (unpaired) electrons. The Morgan fingerprint density at radius 3 is 2.00 bits per heavy atom. The van der Waals surface area contributed by atoms with Gasteiger partial charge >= 0.3 is 0 Å². The average molecular weight is 445 g/mol. The standard InChI is InChI=1S/C16H20.C11H14.C4H8.C2H6/c1-6-9-14(7-2)16-13(5)10-8-11-15(16)12(3)4;1-8-3-4-10-6-9(2)7-11(10)5-8;1-4(2)3;1-2/h6-11H,3H2,1-2,4-5H3;3-5,9H,6-7H2,1-2H3;1H2,2-3H3;1-2H3/b9-6-,14-7+;;;. The monoisotopic (exact) mass is 444 g/mol. The molecule has 2 aromatic rings. The van der Waals surface area contributed by atoms with Crippen LogP contribution in [-0.2, 0) is 12.8 Å². The van der Waals surface area contributed by atoms with Crippen LogP contribution in [0.5, 0.6) is 0 Å². The van der Waals surface area contributed by atoms with E-state index < -0.39 is 0 Å². The van der Waals surface area contributed by atoms with Crippen LogP contribution in [0.4, 0.5) is 0 Å². The maximum Gasteiger partial charge on any atom is -0.00831 e. The number of hydrogen-bond donors (Lipinski definition) is 0. The minimum Gasteiger partial charge on any atom is -0.100 e. The van der Waals surface area contributed by atoms with E-state index in [1.807, 2.05) is 34.6 Å². The van der Waals surface area contributed by atoms with Gasteiger partial charge < -0.3 is 0 Å². The maximum absolute atomic E-state index is 4.05. The molecule has 2 aromatic carbocycles. The van der Waals surface area contributed by atoms with Crippen LogP contribution >= 0.6 is 0 Å². The first-order valence-electron chi connectivity index (χ1n) is 12.4. The Kier molecular flexibility index (Phi) is 14.8. The van der Waals surface area contributed by atoms with Crippen LogP contribution < -0.4 is 0 Å². The first-order valence-corrected chi connectivity index (χ1v) is 12.4. The van der Waals surface area contributed by atoms with Crippen LogP contribution in [0, 0.1) is 19.8 Å². The highest BCUT2D eigenvalue weighted by atomic mass is 14.2. The lowest BCUT2D eigenvalue weighted by Gasteiger charge is -2.13. The highest BCUT2D eigenvalue weighted by Gasteiger charge is 2.16. The van der Waals surface area contributed by atoms with Gasteiger partial charge in [-0.25, -0.2) is 0 Å². The second-order valence-electron chi connectivity index (χ2n) is 9.01. The van der Waals surface area contributed by atoms with Gasteiger partial charge in [0.2, 0.25) is 0 Å². The van der Waals surface area contributed by atoms with Gasteiger partial charge in [0.1, 0.15) is 0 Å². The van der Waals surface area contributed by atoms with E-state index in [2.05, 4.69) is 102 Å². The lowest BCUT2D eigenvalue weighted by Crippen LogP contribution is -1.93. The molecule has 1 aliphatic carbocycles. The van der Waals surface area contributed by atoms with Crippen molar-refractivity contribution in [1.82, 2.24) is 0 Å². The lowest BCUT2D eigenvalue weighted by atomic mass is 9.91. The van der Waals surface area contributed by atoms with Crippen molar-refractivity contribution in [3.8, 4) is 0 Å². The van der Waals surface area contributed by atoms with E-state index in [4.69, 9.17) is 0 Å². The molecule has 3 rings (SSSR count). The molecule has 0 aromatic heterocycles. The number of rotatable bonds is 3. The quantitative estimate of drug-likeness (QED) is 0.326. The summed E-state index contributed by atoms with van der Waals surface area (Å²) in [5, 5.41) is 0. The van der Waals surface area contributed by atoms with E-state index in [-0.39, 0.29) is 0 Å². The van der Waals surface area contributed by atoms with E-state index in [1.54, 1.807) is 11.1 Å². The van der Waals surface area contributed by atoms with Gasteiger partial charge in [0.05, 0.1) is 0 Å². The zero-order valence-corrected chi connectivity index (χ0v) is 23.1. The van der Waals surface area contributed by atoms with Crippen molar-refractivity contribution in [2.45, 2.75) is 82.1 Å². The molecule has 180 valence electrons. The van der Waals surface area contributed by atoms with Crippen LogP contribution in [-0.4, -0.2) is 0 Å². The third-order valence-corrected chi connectivity index (χ3v) is 5.18. The summed E-state index contributed by atoms with van der Waals surface area (Å²) >= 11 is 0. The van der Waals surface area contributed by atoms with Crippen LogP contribution in [0.2, 0.25) is 0 Å². The molecule has 0 nitrogen and oxygen atoms in total. The molecule has 1 aliphatic rings. The second kappa shape index (κ2) is 16.1. The molecule has 0 heteroatoms. The van der Waals surface area contributed by atoms with E-state index >= 15 is 0 Å². The van der Waals surface area contributed by atoms with Crippen molar-refractivity contribution < 1.29 is 0 Å². The van der Waals surface area contributed by atoms with Crippen LogP contribution in [0.25, 0.3) is 11.1 Å². The minimum atomic E-state index is 0.867. The van der Waals surface area contributed by atoms with E-state index in [1.165, 1.54) is 46.2 Å². The number of hydrogen-bond acceptors (Lipinski definition) is 0.